The van der Waals surface area contributed by atoms with Crippen LogP contribution in [0.3, 0.4) is 0 Å². The minimum Gasteiger partial charge on any atom is -0.494 e. The quantitative estimate of drug-likeness (QED) is 0.378. The average Bonchev–Trinajstić information content (AvgIpc) is 2.82. The molecule has 1 unspecified atom stereocenters. The van der Waals surface area contributed by atoms with Gasteiger partial charge in [-0.25, -0.2) is 0 Å². The molecule has 0 radical (unpaired) electrons. The first-order valence-electron chi connectivity index (χ1n) is 11.7. The fraction of sp³-hybridized carbons (Fsp3) is 0.321. The Balaban J connectivity index is 1.61. The number of nitrogens with zero attached hydrogens (tertiary/aromatic N) is 1. The molecule has 0 fully saturated rings. The summed E-state index contributed by atoms with van der Waals surface area (Å²) in [6.07, 6.45) is 0.845. The first-order chi connectivity index (χ1) is 16.4. The fourth-order valence-corrected chi connectivity index (χ4v) is 4.41. The monoisotopic (exact) mass is 479 g/mol. The molecular formula is C28H30ClNO4. The molecule has 0 aliphatic carbocycles. The van der Waals surface area contributed by atoms with Crippen molar-refractivity contribution < 1.29 is 19.0 Å². The molecule has 0 saturated heterocycles. The molecule has 0 spiro atoms. The smallest absolute Gasteiger partial charge is 0.254 e. The third kappa shape index (κ3) is 5.65. The molecule has 1 heterocycles. The molecule has 3 aromatic carbocycles. The molecule has 1 amide bonds. The topological polar surface area (TPSA) is 48.0 Å². The van der Waals surface area contributed by atoms with E-state index in [2.05, 4.69) is 12.1 Å². The number of benzene rings is 3. The van der Waals surface area contributed by atoms with Gasteiger partial charge in [0.15, 0.2) is 0 Å². The second-order valence-electron chi connectivity index (χ2n) is 8.52. The Morgan fingerprint density at radius 1 is 1.00 bits per heavy atom. The molecule has 0 saturated carbocycles. The van der Waals surface area contributed by atoms with Gasteiger partial charge in [0.2, 0.25) is 0 Å². The molecule has 34 heavy (non-hydrogen) atoms. The summed E-state index contributed by atoms with van der Waals surface area (Å²) in [6.45, 7) is 7.51. The zero-order chi connectivity index (χ0) is 24.1. The Kier molecular flexibility index (Phi) is 7.63. The number of hydrogen-bond donors (Lipinski definition) is 0. The van der Waals surface area contributed by atoms with Crippen LogP contribution in [-0.2, 0) is 6.42 Å². The van der Waals surface area contributed by atoms with Crippen LogP contribution in [0.25, 0.3) is 0 Å². The Bertz CT molecular complexity index is 1130. The van der Waals surface area contributed by atoms with Crippen molar-refractivity contribution in [1.82, 2.24) is 4.90 Å². The SMILES string of the molecule is CCOc1ccc(OCC2c3ccc(OC(C)C)cc3CCN2C(=O)c2cccc(Cl)c2)cc1. The summed E-state index contributed by atoms with van der Waals surface area (Å²) in [4.78, 5) is 15.4. The lowest BCUT2D eigenvalue weighted by molar-refractivity contribution is 0.0589. The van der Waals surface area contributed by atoms with Gasteiger partial charge in [-0.3, -0.25) is 4.79 Å². The summed E-state index contributed by atoms with van der Waals surface area (Å²) in [5, 5.41) is 0.543. The van der Waals surface area contributed by atoms with E-state index in [0.29, 0.717) is 30.3 Å². The molecule has 6 heteroatoms. The predicted molar refractivity (Wildman–Crippen MR) is 134 cm³/mol. The van der Waals surface area contributed by atoms with Crippen LogP contribution >= 0.6 is 11.6 Å². The maximum absolute atomic E-state index is 13.5. The summed E-state index contributed by atoms with van der Waals surface area (Å²) in [5.74, 6) is 2.31. The van der Waals surface area contributed by atoms with Crippen LogP contribution < -0.4 is 14.2 Å². The van der Waals surface area contributed by atoms with Gasteiger partial charge >= 0.3 is 0 Å². The van der Waals surface area contributed by atoms with Crippen molar-refractivity contribution in [1.29, 1.82) is 0 Å². The Labute approximate surface area is 206 Å². The van der Waals surface area contributed by atoms with E-state index in [9.17, 15) is 4.79 Å². The maximum Gasteiger partial charge on any atom is 0.254 e. The van der Waals surface area contributed by atoms with Gasteiger partial charge in [0.05, 0.1) is 18.8 Å². The van der Waals surface area contributed by atoms with Gasteiger partial charge in [-0.15, -0.1) is 0 Å². The standard InChI is InChI=1S/C28H30ClNO4/c1-4-32-23-8-10-24(11-9-23)33-18-27-26-13-12-25(34-19(2)3)17-20(26)14-15-30(27)28(31)21-6-5-7-22(29)16-21/h5-13,16-17,19,27H,4,14-15,18H2,1-3H3. The van der Waals surface area contributed by atoms with Crippen molar-refractivity contribution >= 4 is 17.5 Å². The van der Waals surface area contributed by atoms with E-state index < -0.39 is 0 Å². The van der Waals surface area contributed by atoms with Gasteiger partial charge in [0.1, 0.15) is 23.9 Å². The molecule has 3 aromatic rings. The lowest BCUT2D eigenvalue weighted by atomic mass is 9.92. The van der Waals surface area contributed by atoms with Crippen molar-refractivity contribution in [2.45, 2.75) is 39.3 Å². The lowest BCUT2D eigenvalue weighted by Crippen LogP contribution is -2.42. The van der Waals surface area contributed by atoms with Crippen LogP contribution in [0.4, 0.5) is 0 Å². The number of fused-ring (bicyclic) bond motifs is 1. The number of halogens is 1. The second-order valence-corrected chi connectivity index (χ2v) is 8.95. The van der Waals surface area contributed by atoms with Crippen LogP contribution in [0.15, 0.2) is 66.7 Å². The zero-order valence-corrected chi connectivity index (χ0v) is 20.5. The molecule has 178 valence electrons. The van der Waals surface area contributed by atoms with Crippen molar-refractivity contribution in [2.24, 2.45) is 0 Å². The molecule has 4 rings (SSSR count). The van der Waals surface area contributed by atoms with E-state index in [1.807, 2.05) is 56.0 Å². The molecule has 5 nitrogen and oxygen atoms in total. The fourth-order valence-electron chi connectivity index (χ4n) is 4.22. The highest BCUT2D eigenvalue weighted by Crippen LogP contribution is 2.34. The van der Waals surface area contributed by atoms with Crippen LogP contribution in [0.2, 0.25) is 5.02 Å². The summed E-state index contributed by atoms with van der Waals surface area (Å²) in [5.41, 5.74) is 2.82. The van der Waals surface area contributed by atoms with Crippen molar-refractivity contribution in [3.8, 4) is 17.2 Å². The van der Waals surface area contributed by atoms with Crippen molar-refractivity contribution in [3.05, 3.63) is 88.4 Å². The molecule has 1 atom stereocenters. The van der Waals surface area contributed by atoms with E-state index in [4.69, 9.17) is 25.8 Å². The normalized spacial score (nSPS) is 15.1. The number of ether oxygens (including phenoxy) is 3. The Morgan fingerprint density at radius 3 is 2.38 bits per heavy atom. The second kappa shape index (κ2) is 10.8. The third-order valence-electron chi connectivity index (χ3n) is 5.72. The molecule has 1 aliphatic heterocycles. The van der Waals surface area contributed by atoms with E-state index >= 15 is 0 Å². The van der Waals surface area contributed by atoms with E-state index in [-0.39, 0.29) is 18.1 Å². The van der Waals surface area contributed by atoms with E-state index in [1.165, 1.54) is 5.56 Å². The first kappa shape index (κ1) is 24.0. The Hall–Kier alpha value is -3.18. The molecule has 1 aliphatic rings. The van der Waals surface area contributed by atoms with Crippen LogP contribution in [0.5, 0.6) is 17.2 Å². The van der Waals surface area contributed by atoms with Crippen LogP contribution in [0.1, 0.15) is 48.3 Å². The van der Waals surface area contributed by atoms with Gasteiger partial charge < -0.3 is 19.1 Å². The molecule has 0 aromatic heterocycles. The van der Waals surface area contributed by atoms with Gasteiger partial charge in [-0.2, -0.15) is 0 Å². The summed E-state index contributed by atoms with van der Waals surface area (Å²) < 4.78 is 17.6. The lowest BCUT2D eigenvalue weighted by Gasteiger charge is -2.37. The van der Waals surface area contributed by atoms with E-state index in [1.54, 1.807) is 24.3 Å². The van der Waals surface area contributed by atoms with E-state index in [0.717, 1.165) is 29.2 Å². The largest absolute Gasteiger partial charge is 0.494 e. The highest BCUT2D eigenvalue weighted by atomic mass is 35.5. The number of rotatable bonds is 8. The minimum atomic E-state index is -0.241. The molecular weight excluding hydrogens is 450 g/mol. The van der Waals surface area contributed by atoms with Crippen molar-refractivity contribution in [2.75, 3.05) is 19.8 Å². The zero-order valence-electron chi connectivity index (χ0n) is 19.8. The highest BCUT2D eigenvalue weighted by molar-refractivity contribution is 6.30. The number of carbonyl (C=O) groups excluding carboxylic acids is 1. The summed E-state index contributed by atoms with van der Waals surface area (Å²) in [7, 11) is 0. The minimum absolute atomic E-state index is 0.0593. The van der Waals surface area contributed by atoms with Crippen LogP contribution in [0, 0.1) is 0 Å². The third-order valence-corrected chi connectivity index (χ3v) is 5.95. The van der Waals surface area contributed by atoms with Gasteiger partial charge in [0.25, 0.3) is 5.91 Å². The number of hydrogen-bond acceptors (Lipinski definition) is 4. The summed E-state index contributed by atoms with van der Waals surface area (Å²) in [6, 6.07) is 20.5. The number of amides is 1. The predicted octanol–water partition coefficient (Wildman–Crippen LogP) is 6.34. The van der Waals surface area contributed by atoms with Gasteiger partial charge in [-0.1, -0.05) is 23.7 Å². The Morgan fingerprint density at radius 2 is 1.71 bits per heavy atom. The number of carbonyl (C=O) groups is 1. The van der Waals surface area contributed by atoms with Crippen molar-refractivity contribution in [3.63, 3.8) is 0 Å². The summed E-state index contributed by atoms with van der Waals surface area (Å²) >= 11 is 6.16. The van der Waals surface area contributed by atoms with Crippen LogP contribution in [-0.4, -0.2) is 36.7 Å². The molecule has 0 N–H and O–H groups in total. The first-order valence-corrected chi connectivity index (χ1v) is 12.0. The molecule has 0 bridgehead atoms. The van der Waals surface area contributed by atoms with Gasteiger partial charge in [-0.05, 0) is 92.9 Å². The van der Waals surface area contributed by atoms with Gasteiger partial charge in [0, 0.05) is 17.1 Å². The highest BCUT2D eigenvalue weighted by Gasteiger charge is 2.32. The average molecular weight is 480 g/mol. The maximum atomic E-state index is 13.5.